The molecule has 1 heteroatoms. The van der Waals surface area contributed by atoms with E-state index in [0.717, 1.165) is 5.92 Å². The van der Waals surface area contributed by atoms with Gasteiger partial charge in [0.2, 0.25) is 0 Å². The fourth-order valence-electron chi connectivity index (χ4n) is 2.01. The molecule has 16 heavy (non-hydrogen) atoms. The zero-order chi connectivity index (χ0) is 12.1. The van der Waals surface area contributed by atoms with E-state index in [9.17, 15) is 0 Å². The summed E-state index contributed by atoms with van der Waals surface area (Å²) in [6, 6.07) is 6.75. The molecule has 1 unspecified atom stereocenters. The molecule has 0 fully saturated rings. The second-order valence-electron chi connectivity index (χ2n) is 5.20. The lowest BCUT2D eigenvalue weighted by Gasteiger charge is -2.13. The van der Waals surface area contributed by atoms with Gasteiger partial charge in [-0.15, -0.1) is 0 Å². The number of hydrogen-bond donors (Lipinski definition) is 0. The van der Waals surface area contributed by atoms with E-state index in [0.29, 0.717) is 4.83 Å². The Morgan fingerprint density at radius 3 is 2.50 bits per heavy atom. The summed E-state index contributed by atoms with van der Waals surface area (Å²) in [6.07, 6.45) is 3.70. The van der Waals surface area contributed by atoms with E-state index in [1.165, 1.54) is 36.0 Å². The maximum absolute atomic E-state index is 3.78. The summed E-state index contributed by atoms with van der Waals surface area (Å²) in [6.45, 7) is 8.95. The molecule has 0 radical (unpaired) electrons. The lowest BCUT2D eigenvalue weighted by atomic mass is 9.98. The molecule has 0 saturated heterocycles. The summed E-state index contributed by atoms with van der Waals surface area (Å²) in [5.74, 6) is 0.781. The molecular weight excluding hydrogens is 260 g/mol. The van der Waals surface area contributed by atoms with Gasteiger partial charge in [0.1, 0.15) is 0 Å². The van der Waals surface area contributed by atoms with Gasteiger partial charge >= 0.3 is 0 Å². The molecule has 0 aliphatic carbocycles. The molecule has 90 valence electrons. The highest BCUT2D eigenvalue weighted by atomic mass is 79.9. The van der Waals surface area contributed by atoms with Crippen LogP contribution < -0.4 is 0 Å². The van der Waals surface area contributed by atoms with Crippen molar-refractivity contribution in [2.75, 3.05) is 0 Å². The number of benzene rings is 1. The number of hydrogen-bond acceptors (Lipinski definition) is 0. The molecular formula is C15H23Br. The molecule has 0 N–H and O–H groups in total. The number of halogens is 1. The molecule has 0 aliphatic rings. The average Bonchev–Trinajstić information content (AvgIpc) is 2.18. The van der Waals surface area contributed by atoms with Gasteiger partial charge in [0.25, 0.3) is 0 Å². The van der Waals surface area contributed by atoms with Crippen molar-refractivity contribution in [1.82, 2.24) is 0 Å². The number of alkyl halides is 1. The molecule has 0 heterocycles. The van der Waals surface area contributed by atoms with Crippen molar-refractivity contribution in [2.24, 2.45) is 5.92 Å². The van der Waals surface area contributed by atoms with Gasteiger partial charge in [-0.1, -0.05) is 53.5 Å². The largest absolute Gasteiger partial charge is 0.0890 e. The van der Waals surface area contributed by atoms with Crippen LogP contribution in [0.5, 0.6) is 0 Å². The normalized spacial score (nSPS) is 13.1. The Kier molecular flexibility index (Phi) is 5.54. The Bertz CT molecular complexity index is 328. The van der Waals surface area contributed by atoms with Crippen LogP contribution in [-0.2, 0) is 6.42 Å². The van der Waals surface area contributed by atoms with Crippen LogP contribution >= 0.6 is 15.9 Å². The minimum absolute atomic E-state index is 0.660. The summed E-state index contributed by atoms with van der Waals surface area (Å²) >= 11 is 3.78. The maximum atomic E-state index is 3.78. The predicted octanol–water partition coefficient (Wildman–Crippen LogP) is 5.05. The molecule has 1 rings (SSSR count). The van der Waals surface area contributed by atoms with Crippen LogP contribution in [0, 0.1) is 19.8 Å². The van der Waals surface area contributed by atoms with Crippen molar-refractivity contribution in [3.8, 4) is 0 Å². The molecule has 0 saturated carbocycles. The zero-order valence-electron chi connectivity index (χ0n) is 10.9. The van der Waals surface area contributed by atoms with Crippen molar-refractivity contribution >= 4 is 15.9 Å². The fourth-order valence-corrected chi connectivity index (χ4v) is 2.99. The van der Waals surface area contributed by atoms with Gasteiger partial charge in [0.05, 0.1) is 0 Å². The van der Waals surface area contributed by atoms with Crippen LogP contribution in [0.25, 0.3) is 0 Å². The van der Waals surface area contributed by atoms with Crippen molar-refractivity contribution in [3.63, 3.8) is 0 Å². The lowest BCUT2D eigenvalue weighted by molar-refractivity contribution is 0.554. The quantitative estimate of drug-likeness (QED) is 0.664. The Hall–Kier alpha value is -0.300. The van der Waals surface area contributed by atoms with Crippen molar-refractivity contribution in [3.05, 3.63) is 34.9 Å². The van der Waals surface area contributed by atoms with Crippen molar-refractivity contribution in [2.45, 2.75) is 51.8 Å². The summed E-state index contributed by atoms with van der Waals surface area (Å²) in [5.41, 5.74) is 4.30. The number of rotatable bonds is 5. The van der Waals surface area contributed by atoms with Crippen LogP contribution in [0.3, 0.4) is 0 Å². The van der Waals surface area contributed by atoms with Crippen LogP contribution in [0.15, 0.2) is 18.2 Å². The Morgan fingerprint density at radius 1 is 1.19 bits per heavy atom. The zero-order valence-corrected chi connectivity index (χ0v) is 12.5. The third-order valence-corrected chi connectivity index (χ3v) is 3.79. The third-order valence-electron chi connectivity index (χ3n) is 2.96. The highest BCUT2D eigenvalue weighted by Crippen LogP contribution is 2.20. The molecule has 0 bridgehead atoms. The van der Waals surface area contributed by atoms with Crippen LogP contribution in [-0.4, -0.2) is 4.83 Å². The van der Waals surface area contributed by atoms with Gasteiger partial charge in [-0.3, -0.25) is 0 Å². The first-order chi connectivity index (χ1) is 7.49. The lowest BCUT2D eigenvalue weighted by Crippen LogP contribution is -2.05. The minimum atomic E-state index is 0.660. The molecule has 0 aromatic heterocycles. The van der Waals surface area contributed by atoms with Crippen LogP contribution in [0.1, 0.15) is 43.4 Å². The summed E-state index contributed by atoms with van der Waals surface area (Å²) in [5, 5.41) is 0. The standard InChI is InChI=1S/C15H23Br/c1-11(2)9-15(16)8-7-14-10-12(3)5-6-13(14)4/h5-6,10-11,15H,7-9H2,1-4H3. The first kappa shape index (κ1) is 13.8. The van der Waals surface area contributed by atoms with E-state index in [2.05, 4.69) is 61.8 Å². The number of aryl methyl sites for hydroxylation is 3. The first-order valence-electron chi connectivity index (χ1n) is 6.19. The smallest absolute Gasteiger partial charge is 0.0151 e. The average molecular weight is 283 g/mol. The van der Waals surface area contributed by atoms with E-state index in [-0.39, 0.29) is 0 Å². The molecule has 1 aromatic rings. The van der Waals surface area contributed by atoms with E-state index in [1.807, 2.05) is 0 Å². The SMILES string of the molecule is Cc1ccc(C)c(CCC(Br)CC(C)C)c1. The van der Waals surface area contributed by atoms with E-state index in [1.54, 1.807) is 0 Å². The predicted molar refractivity (Wildman–Crippen MR) is 76.4 cm³/mol. The van der Waals surface area contributed by atoms with E-state index >= 15 is 0 Å². The second-order valence-corrected chi connectivity index (χ2v) is 6.49. The van der Waals surface area contributed by atoms with E-state index in [4.69, 9.17) is 0 Å². The van der Waals surface area contributed by atoms with Gasteiger partial charge in [0.15, 0.2) is 0 Å². The van der Waals surface area contributed by atoms with Crippen molar-refractivity contribution in [1.29, 1.82) is 0 Å². The Labute approximate surface area is 109 Å². The minimum Gasteiger partial charge on any atom is -0.0890 e. The van der Waals surface area contributed by atoms with Gasteiger partial charge < -0.3 is 0 Å². The molecule has 0 spiro atoms. The highest BCUT2D eigenvalue weighted by molar-refractivity contribution is 9.09. The summed E-state index contributed by atoms with van der Waals surface area (Å²) in [7, 11) is 0. The van der Waals surface area contributed by atoms with Gasteiger partial charge in [-0.25, -0.2) is 0 Å². The van der Waals surface area contributed by atoms with E-state index < -0.39 is 0 Å². The molecule has 0 nitrogen and oxygen atoms in total. The fraction of sp³-hybridized carbons (Fsp3) is 0.600. The van der Waals surface area contributed by atoms with Crippen molar-refractivity contribution < 1.29 is 0 Å². The van der Waals surface area contributed by atoms with Gasteiger partial charge in [-0.05, 0) is 50.2 Å². The topological polar surface area (TPSA) is 0 Å². The molecule has 0 aliphatic heterocycles. The monoisotopic (exact) mass is 282 g/mol. The Balaban J connectivity index is 2.51. The molecule has 1 aromatic carbocycles. The first-order valence-corrected chi connectivity index (χ1v) is 7.10. The van der Waals surface area contributed by atoms with Crippen LogP contribution in [0.4, 0.5) is 0 Å². The van der Waals surface area contributed by atoms with Gasteiger partial charge in [-0.2, -0.15) is 0 Å². The summed E-state index contributed by atoms with van der Waals surface area (Å²) in [4.78, 5) is 0.660. The highest BCUT2D eigenvalue weighted by Gasteiger charge is 2.08. The summed E-state index contributed by atoms with van der Waals surface area (Å²) < 4.78 is 0. The van der Waals surface area contributed by atoms with Gasteiger partial charge in [0, 0.05) is 4.83 Å². The second kappa shape index (κ2) is 6.44. The third kappa shape index (κ3) is 4.69. The molecule has 1 atom stereocenters. The maximum Gasteiger partial charge on any atom is 0.0151 e. The van der Waals surface area contributed by atoms with Crippen LogP contribution in [0.2, 0.25) is 0 Å². The Morgan fingerprint density at radius 2 is 1.88 bits per heavy atom. The molecule has 0 amide bonds.